The molecule has 0 aliphatic carbocycles. The van der Waals surface area contributed by atoms with E-state index in [0.29, 0.717) is 23.3 Å². The molecule has 144 valence electrons. The van der Waals surface area contributed by atoms with Crippen molar-refractivity contribution in [2.24, 2.45) is 5.41 Å². The molecule has 0 radical (unpaired) electrons. The minimum absolute atomic E-state index is 0.0244. The molecule has 2 saturated heterocycles. The average Bonchev–Trinajstić information content (AvgIpc) is 3.32. The van der Waals surface area contributed by atoms with Crippen molar-refractivity contribution in [1.29, 1.82) is 0 Å². The van der Waals surface area contributed by atoms with Gasteiger partial charge in [-0.05, 0) is 25.7 Å². The third-order valence-electron chi connectivity index (χ3n) is 5.85. The number of carbonyl (C=O) groups is 2. The number of fused-ring (bicyclic) bond motifs is 2. The van der Waals surface area contributed by atoms with Gasteiger partial charge >= 0.3 is 0 Å². The summed E-state index contributed by atoms with van der Waals surface area (Å²) in [5.41, 5.74) is 5.13. The van der Waals surface area contributed by atoms with Crippen molar-refractivity contribution >= 4 is 28.3 Å². The summed E-state index contributed by atoms with van der Waals surface area (Å²) >= 11 is 1.24. The number of rotatable bonds is 7. The Morgan fingerprint density at radius 2 is 2.19 bits per heavy atom. The number of methoxy groups -OCH3 is 1. The van der Waals surface area contributed by atoms with Crippen LogP contribution in [0.5, 0.6) is 0 Å². The fourth-order valence-corrected chi connectivity index (χ4v) is 5.19. The number of nitrogen functional groups attached to an aromatic ring is 1. The predicted octanol–water partition coefficient (Wildman–Crippen LogP) is 0.927. The van der Waals surface area contributed by atoms with Gasteiger partial charge in [-0.1, -0.05) is 18.3 Å². The Labute approximate surface area is 157 Å². The van der Waals surface area contributed by atoms with Crippen LogP contribution in [-0.4, -0.2) is 71.2 Å². The maximum absolute atomic E-state index is 13.2. The second-order valence-electron chi connectivity index (χ2n) is 7.19. The smallest absolute Gasteiger partial charge is 0.230 e. The van der Waals surface area contributed by atoms with E-state index in [1.165, 1.54) is 11.3 Å². The van der Waals surface area contributed by atoms with E-state index >= 15 is 0 Å². The number of nitrogens with two attached hydrogens (primary N) is 1. The van der Waals surface area contributed by atoms with E-state index in [-0.39, 0.29) is 30.3 Å². The molecular formula is C17H27N5O3S. The Hall–Kier alpha value is -1.74. The number of amides is 2. The molecule has 2 aliphatic rings. The maximum atomic E-state index is 13.2. The number of anilines is 1. The van der Waals surface area contributed by atoms with E-state index in [4.69, 9.17) is 10.5 Å². The van der Waals surface area contributed by atoms with Gasteiger partial charge in [0.1, 0.15) is 5.01 Å². The normalized spacial score (nSPS) is 27.1. The van der Waals surface area contributed by atoms with Crippen molar-refractivity contribution in [2.45, 2.75) is 51.1 Å². The molecule has 3 heterocycles. The van der Waals surface area contributed by atoms with Gasteiger partial charge in [-0.2, -0.15) is 0 Å². The summed E-state index contributed by atoms with van der Waals surface area (Å²) in [4.78, 5) is 29.9. The first-order valence-corrected chi connectivity index (χ1v) is 9.88. The number of hydrogen-bond acceptors (Lipinski definition) is 7. The highest BCUT2D eigenvalue weighted by Gasteiger charge is 2.60. The molecule has 26 heavy (non-hydrogen) atoms. The van der Waals surface area contributed by atoms with Crippen LogP contribution in [0.3, 0.4) is 0 Å². The van der Waals surface area contributed by atoms with Gasteiger partial charge in [0, 0.05) is 32.8 Å². The third kappa shape index (κ3) is 3.18. The highest BCUT2D eigenvalue weighted by atomic mass is 32.1. The number of aromatic nitrogens is 2. The van der Waals surface area contributed by atoms with E-state index in [2.05, 4.69) is 17.1 Å². The Bertz CT molecular complexity index is 681. The van der Waals surface area contributed by atoms with Crippen molar-refractivity contribution in [1.82, 2.24) is 20.0 Å². The first kappa shape index (κ1) is 19.0. The topological polar surface area (TPSA) is 102 Å². The van der Waals surface area contributed by atoms with E-state index in [9.17, 15) is 9.59 Å². The summed E-state index contributed by atoms with van der Waals surface area (Å²) in [5, 5.41) is 8.74. The Morgan fingerprint density at radius 1 is 1.42 bits per heavy atom. The van der Waals surface area contributed by atoms with Crippen LogP contribution in [-0.2, 0) is 20.7 Å². The minimum atomic E-state index is -0.485. The Kier molecular flexibility index (Phi) is 5.47. The predicted molar refractivity (Wildman–Crippen MR) is 98.5 cm³/mol. The number of ether oxygens (including phenoxy) is 1. The van der Waals surface area contributed by atoms with Crippen molar-refractivity contribution < 1.29 is 14.3 Å². The number of nitrogens with zero attached hydrogens (tertiary/aromatic N) is 4. The largest absolute Gasteiger partial charge is 0.383 e. The molecule has 2 aliphatic heterocycles. The number of likely N-dealkylation sites (N-methyl/N-ethyl adjacent to an activating group) is 1. The van der Waals surface area contributed by atoms with Crippen LogP contribution in [0.25, 0.3) is 0 Å². The molecule has 9 heteroatoms. The summed E-state index contributed by atoms with van der Waals surface area (Å²) < 4.78 is 5.10. The summed E-state index contributed by atoms with van der Waals surface area (Å²) in [7, 11) is 3.45. The number of carbonyl (C=O) groups excluding carboxylic acids is 2. The molecule has 1 aromatic heterocycles. The lowest BCUT2D eigenvalue weighted by atomic mass is 9.71. The molecule has 2 bridgehead atoms. The second-order valence-corrected chi connectivity index (χ2v) is 8.29. The lowest BCUT2D eigenvalue weighted by molar-refractivity contribution is -0.144. The summed E-state index contributed by atoms with van der Waals surface area (Å²) in [5.74, 6) is 0.151. The molecule has 2 fully saturated rings. The van der Waals surface area contributed by atoms with Crippen LogP contribution >= 0.6 is 11.3 Å². The van der Waals surface area contributed by atoms with Gasteiger partial charge in [0.05, 0.1) is 18.4 Å². The van der Waals surface area contributed by atoms with Crippen molar-refractivity contribution in [2.75, 3.05) is 33.0 Å². The zero-order valence-corrected chi connectivity index (χ0v) is 16.4. The van der Waals surface area contributed by atoms with Crippen LogP contribution < -0.4 is 5.73 Å². The molecule has 2 N–H and O–H groups in total. The summed E-state index contributed by atoms with van der Waals surface area (Å²) in [6.07, 6.45) is 3.53. The van der Waals surface area contributed by atoms with Gasteiger partial charge in [0.25, 0.3) is 0 Å². The Balaban J connectivity index is 1.76. The average molecular weight is 382 g/mol. The van der Waals surface area contributed by atoms with E-state index < -0.39 is 5.41 Å². The molecule has 0 spiro atoms. The highest BCUT2D eigenvalue weighted by molar-refractivity contribution is 7.15. The van der Waals surface area contributed by atoms with Crippen molar-refractivity contribution in [3.05, 3.63) is 5.01 Å². The van der Waals surface area contributed by atoms with Gasteiger partial charge < -0.3 is 20.3 Å². The maximum Gasteiger partial charge on any atom is 0.230 e. The van der Waals surface area contributed by atoms with Gasteiger partial charge in [-0.3, -0.25) is 9.59 Å². The summed E-state index contributed by atoms with van der Waals surface area (Å²) in [6.45, 7) is 3.13. The van der Waals surface area contributed by atoms with Crippen molar-refractivity contribution in [3.63, 3.8) is 0 Å². The molecule has 0 saturated carbocycles. The molecule has 3 rings (SSSR count). The summed E-state index contributed by atoms with van der Waals surface area (Å²) in [6, 6.07) is 0.102. The molecule has 3 atom stereocenters. The standard InChI is InChI=1S/C17H27N5O3S/c1-4-17(15(24)21(2)7-8-25-3)10-11-5-6-12(17)22(11)14(23)9-13-19-20-16(18)26-13/h11-12H,4-10H2,1-3H3,(H2,18,20)/t11-,12+,17+/m1/s1. The first-order valence-electron chi connectivity index (χ1n) is 9.06. The molecular weight excluding hydrogens is 354 g/mol. The molecule has 0 aromatic carbocycles. The lowest BCUT2D eigenvalue weighted by Gasteiger charge is -2.38. The van der Waals surface area contributed by atoms with E-state index in [0.717, 1.165) is 25.7 Å². The molecule has 8 nitrogen and oxygen atoms in total. The number of hydrogen-bond donors (Lipinski definition) is 1. The van der Waals surface area contributed by atoms with Crippen LogP contribution in [0.2, 0.25) is 0 Å². The SMILES string of the molecule is CC[C@]1(C(=O)N(C)CCOC)C[C@H]2CC[C@@H]1N2C(=O)Cc1nnc(N)s1. The van der Waals surface area contributed by atoms with Gasteiger partial charge in [0.2, 0.25) is 16.9 Å². The third-order valence-corrected chi connectivity index (χ3v) is 6.60. The second kappa shape index (κ2) is 7.48. The molecule has 2 amide bonds. The van der Waals surface area contributed by atoms with Crippen LogP contribution in [0.1, 0.15) is 37.6 Å². The van der Waals surface area contributed by atoms with E-state index in [1.54, 1.807) is 12.0 Å². The van der Waals surface area contributed by atoms with Crippen molar-refractivity contribution in [3.8, 4) is 0 Å². The Morgan fingerprint density at radius 3 is 2.81 bits per heavy atom. The first-order chi connectivity index (χ1) is 12.4. The molecule has 0 unspecified atom stereocenters. The highest BCUT2D eigenvalue weighted by Crippen LogP contribution is 2.52. The minimum Gasteiger partial charge on any atom is -0.383 e. The van der Waals surface area contributed by atoms with Crippen LogP contribution in [0, 0.1) is 5.41 Å². The molecule has 1 aromatic rings. The van der Waals surface area contributed by atoms with Crippen LogP contribution in [0.15, 0.2) is 0 Å². The fourth-order valence-electron chi connectivity index (χ4n) is 4.59. The quantitative estimate of drug-likeness (QED) is 0.754. The zero-order valence-electron chi connectivity index (χ0n) is 15.6. The lowest BCUT2D eigenvalue weighted by Crippen LogP contribution is -2.50. The monoisotopic (exact) mass is 381 g/mol. The zero-order chi connectivity index (χ0) is 18.9. The fraction of sp³-hybridized carbons (Fsp3) is 0.765. The van der Waals surface area contributed by atoms with Crippen LogP contribution in [0.4, 0.5) is 5.13 Å². The van der Waals surface area contributed by atoms with Gasteiger partial charge in [-0.15, -0.1) is 10.2 Å². The van der Waals surface area contributed by atoms with Gasteiger partial charge in [-0.25, -0.2) is 0 Å². The van der Waals surface area contributed by atoms with Gasteiger partial charge in [0.15, 0.2) is 0 Å². The van der Waals surface area contributed by atoms with E-state index in [1.807, 2.05) is 11.9 Å².